The van der Waals surface area contributed by atoms with E-state index in [-0.39, 0.29) is 5.78 Å². The molecule has 100 valence electrons. The summed E-state index contributed by atoms with van der Waals surface area (Å²) in [5, 5.41) is 3.81. The van der Waals surface area contributed by atoms with Crippen LogP contribution < -0.4 is 0 Å². The fourth-order valence-electron chi connectivity index (χ4n) is 1.67. The number of hydrogen-bond donors (Lipinski definition) is 0. The SMILES string of the molecule is Cc1cc(C(=CN(C)C)C(=O)c2ccc(C)o2)on1. The first kappa shape index (κ1) is 13.1. The summed E-state index contributed by atoms with van der Waals surface area (Å²) in [6.07, 6.45) is 1.69. The minimum atomic E-state index is -0.224. The quantitative estimate of drug-likeness (QED) is 0.624. The molecule has 5 nitrogen and oxygen atoms in total. The Bertz CT molecular complexity index is 620. The third kappa shape index (κ3) is 2.93. The maximum atomic E-state index is 12.4. The summed E-state index contributed by atoms with van der Waals surface area (Å²) in [6.45, 7) is 3.60. The average Bonchev–Trinajstić information content (AvgIpc) is 2.94. The molecule has 0 amide bonds. The Labute approximate surface area is 111 Å². The molecule has 0 aliphatic heterocycles. The van der Waals surface area contributed by atoms with Crippen LogP contribution in [0.1, 0.15) is 27.8 Å². The number of hydrogen-bond acceptors (Lipinski definition) is 5. The van der Waals surface area contributed by atoms with Crippen LogP contribution >= 0.6 is 0 Å². The maximum Gasteiger partial charge on any atom is 0.233 e. The Morgan fingerprint density at radius 2 is 2.00 bits per heavy atom. The van der Waals surface area contributed by atoms with Crippen LogP contribution in [0.2, 0.25) is 0 Å². The lowest BCUT2D eigenvalue weighted by Gasteiger charge is -2.07. The van der Waals surface area contributed by atoms with Crippen LogP contribution in [0.15, 0.2) is 33.3 Å². The zero-order chi connectivity index (χ0) is 14.0. The summed E-state index contributed by atoms with van der Waals surface area (Å²) >= 11 is 0. The molecule has 2 aromatic heterocycles. The molecule has 0 saturated carbocycles. The largest absolute Gasteiger partial charge is 0.458 e. The summed E-state index contributed by atoms with van der Waals surface area (Å²) in [6, 6.07) is 5.14. The highest BCUT2D eigenvalue weighted by molar-refractivity contribution is 6.27. The van der Waals surface area contributed by atoms with Gasteiger partial charge in [0.25, 0.3) is 0 Å². The van der Waals surface area contributed by atoms with E-state index in [2.05, 4.69) is 5.16 Å². The minimum Gasteiger partial charge on any atom is -0.458 e. The van der Waals surface area contributed by atoms with Gasteiger partial charge in [-0.2, -0.15) is 0 Å². The van der Waals surface area contributed by atoms with Crippen molar-refractivity contribution in [3.05, 3.63) is 47.4 Å². The molecule has 2 heterocycles. The molecule has 0 radical (unpaired) electrons. The van der Waals surface area contributed by atoms with Crippen LogP contribution in [0.25, 0.3) is 5.57 Å². The van der Waals surface area contributed by atoms with Crippen LogP contribution in [-0.2, 0) is 0 Å². The van der Waals surface area contributed by atoms with Crippen molar-refractivity contribution in [3.8, 4) is 0 Å². The van der Waals surface area contributed by atoms with Crippen molar-refractivity contribution in [2.45, 2.75) is 13.8 Å². The topological polar surface area (TPSA) is 59.5 Å². The van der Waals surface area contributed by atoms with Gasteiger partial charge < -0.3 is 13.8 Å². The second kappa shape index (κ2) is 5.14. The Morgan fingerprint density at radius 3 is 2.47 bits per heavy atom. The van der Waals surface area contributed by atoms with Gasteiger partial charge in [0, 0.05) is 26.4 Å². The maximum absolute atomic E-state index is 12.4. The first-order valence-electron chi connectivity index (χ1n) is 5.90. The van der Waals surface area contributed by atoms with Crippen LogP contribution in [0.3, 0.4) is 0 Å². The van der Waals surface area contributed by atoms with E-state index in [4.69, 9.17) is 8.94 Å². The summed E-state index contributed by atoms with van der Waals surface area (Å²) in [7, 11) is 3.67. The lowest BCUT2D eigenvalue weighted by Crippen LogP contribution is -2.08. The first-order valence-corrected chi connectivity index (χ1v) is 5.90. The molecule has 0 atom stereocenters. The molecule has 0 spiro atoms. The Hall–Kier alpha value is -2.30. The van der Waals surface area contributed by atoms with Crippen molar-refractivity contribution < 1.29 is 13.7 Å². The number of Topliss-reactive ketones (excluding diaryl/α,β-unsaturated/α-hetero) is 1. The molecule has 5 heteroatoms. The molecule has 2 aromatic rings. The van der Waals surface area contributed by atoms with Crippen LogP contribution in [-0.4, -0.2) is 29.9 Å². The van der Waals surface area contributed by atoms with E-state index >= 15 is 0 Å². The van der Waals surface area contributed by atoms with Crippen molar-refractivity contribution in [2.75, 3.05) is 14.1 Å². The molecular weight excluding hydrogens is 244 g/mol. The number of ketones is 1. The number of rotatable bonds is 4. The van der Waals surface area contributed by atoms with Gasteiger partial charge in [0.1, 0.15) is 5.76 Å². The van der Waals surface area contributed by atoms with E-state index in [0.717, 1.165) is 5.69 Å². The van der Waals surface area contributed by atoms with Crippen molar-refractivity contribution in [3.63, 3.8) is 0 Å². The number of aryl methyl sites for hydroxylation is 2. The number of carbonyl (C=O) groups is 1. The lowest BCUT2D eigenvalue weighted by molar-refractivity contribution is 0.102. The van der Waals surface area contributed by atoms with Gasteiger partial charge in [-0.25, -0.2) is 0 Å². The molecule has 0 bridgehead atoms. The molecular formula is C14H16N2O3. The molecule has 0 unspecified atom stereocenters. The molecule has 19 heavy (non-hydrogen) atoms. The van der Waals surface area contributed by atoms with Crippen molar-refractivity contribution in [1.82, 2.24) is 10.1 Å². The second-order valence-electron chi connectivity index (χ2n) is 4.58. The van der Waals surface area contributed by atoms with Gasteiger partial charge in [-0.3, -0.25) is 4.79 Å². The first-order chi connectivity index (χ1) is 8.97. The summed E-state index contributed by atoms with van der Waals surface area (Å²) in [4.78, 5) is 14.2. The molecule has 0 aromatic carbocycles. The van der Waals surface area contributed by atoms with Gasteiger partial charge in [0.05, 0.1) is 11.3 Å². The second-order valence-corrected chi connectivity index (χ2v) is 4.58. The van der Waals surface area contributed by atoms with E-state index in [1.165, 1.54) is 0 Å². The van der Waals surface area contributed by atoms with Gasteiger partial charge >= 0.3 is 0 Å². The fraction of sp³-hybridized carbons (Fsp3) is 0.286. The predicted octanol–water partition coefficient (Wildman–Crippen LogP) is 2.67. The molecule has 2 rings (SSSR count). The van der Waals surface area contributed by atoms with Gasteiger partial charge in [0.2, 0.25) is 5.78 Å². The van der Waals surface area contributed by atoms with Gasteiger partial charge in [-0.05, 0) is 26.0 Å². The number of nitrogens with zero attached hydrogens (tertiary/aromatic N) is 2. The molecule has 0 aliphatic rings. The van der Waals surface area contributed by atoms with Crippen LogP contribution in [0.5, 0.6) is 0 Å². The highest BCUT2D eigenvalue weighted by atomic mass is 16.5. The number of furan rings is 1. The number of carbonyl (C=O) groups excluding carboxylic acids is 1. The number of allylic oxidation sites excluding steroid dienone is 1. The highest BCUT2D eigenvalue weighted by Gasteiger charge is 2.21. The normalized spacial score (nSPS) is 11.7. The summed E-state index contributed by atoms with van der Waals surface area (Å²) in [5.74, 6) is 1.20. The van der Waals surface area contributed by atoms with E-state index in [1.807, 2.05) is 21.0 Å². The zero-order valence-electron chi connectivity index (χ0n) is 11.4. The smallest absolute Gasteiger partial charge is 0.233 e. The Kier molecular flexibility index (Phi) is 3.55. The van der Waals surface area contributed by atoms with E-state index < -0.39 is 0 Å². The van der Waals surface area contributed by atoms with Crippen molar-refractivity contribution in [2.24, 2.45) is 0 Å². The fourth-order valence-corrected chi connectivity index (χ4v) is 1.67. The average molecular weight is 260 g/mol. The molecule has 0 fully saturated rings. The third-order valence-corrected chi connectivity index (χ3v) is 2.49. The van der Waals surface area contributed by atoms with E-state index in [1.54, 1.807) is 36.2 Å². The molecule has 0 saturated heterocycles. The van der Waals surface area contributed by atoms with Gasteiger partial charge in [-0.15, -0.1) is 0 Å². The van der Waals surface area contributed by atoms with Crippen LogP contribution in [0.4, 0.5) is 0 Å². The van der Waals surface area contributed by atoms with E-state index in [0.29, 0.717) is 22.9 Å². The third-order valence-electron chi connectivity index (χ3n) is 2.49. The summed E-state index contributed by atoms with van der Waals surface area (Å²) < 4.78 is 10.5. The van der Waals surface area contributed by atoms with Gasteiger partial charge in [0.15, 0.2) is 11.5 Å². The molecule has 0 aliphatic carbocycles. The Balaban J connectivity index is 2.42. The Morgan fingerprint density at radius 1 is 1.26 bits per heavy atom. The van der Waals surface area contributed by atoms with Crippen LogP contribution in [0, 0.1) is 13.8 Å². The number of aromatic nitrogens is 1. The minimum absolute atomic E-state index is 0.224. The van der Waals surface area contributed by atoms with Crippen molar-refractivity contribution >= 4 is 11.4 Å². The van der Waals surface area contributed by atoms with Gasteiger partial charge in [-0.1, -0.05) is 5.16 Å². The standard InChI is InChI=1S/C14H16N2O3/c1-9-7-13(19-15-9)11(8-16(3)4)14(17)12-6-5-10(2)18-12/h5-8H,1-4H3. The van der Waals surface area contributed by atoms with E-state index in [9.17, 15) is 4.79 Å². The predicted molar refractivity (Wildman–Crippen MR) is 70.7 cm³/mol. The zero-order valence-corrected chi connectivity index (χ0v) is 11.4. The lowest BCUT2D eigenvalue weighted by atomic mass is 10.1. The monoisotopic (exact) mass is 260 g/mol. The summed E-state index contributed by atoms with van der Waals surface area (Å²) in [5.41, 5.74) is 1.14. The molecule has 0 N–H and O–H groups in total. The highest BCUT2D eigenvalue weighted by Crippen LogP contribution is 2.22. The van der Waals surface area contributed by atoms with Crippen molar-refractivity contribution in [1.29, 1.82) is 0 Å².